The van der Waals surface area contributed by atoms with E-state index in [1.807, 2.05) is 6.20 Å². The third kappa shape index (κ3) is 2.01. The van der Waals surface area contributed by atoms with Gasteiger partial charge in [-0.3, -0.25) is 0 Å². The summed E-state index contributed by atoms with van der Waals surface area (Å²) in [5.74, 6) is 0. The van der Waals surface area contributed by atoms with Gasteiger partial charge in [-0.2, -0.15) is 0 Å². The van der Waals surface area contributed by atoms with Crippen LogP contribution in [0.4, 0.5) is 0 Å². The molecule has 0 bridgehead atoms. The number of aromatic amines is 1. The fourth-order valence-electron chi connectivity index (χ4n) is 2.42. The van der Waals surface area contributed by atoms with Gasteiger partial charge in [-0.15, -0.1) is 0 Å². The van der Waals surface area contributed by atoms with E-state index < -0.39 is 0 Å². The maximum atomic E-state index is 5.32. The average Bonchev–Trinajstić information content (AvgIpc) is 2.52. The van der Waals surface area contributed by atoms with Crippen LogP contribution in [0, 0.1) is 11.7 Å². The summed E-state index contributed by atoms with van der Waals surface area (Å²) < 4.78 is 3.15. The molecule has 0 spiro atoms. The second-order valence-electron chi connectivity index (χ2n) is 4.61. The highest BCUT2D eigenvalue weighted by Gasteiger charge is 2.24. The van der Waals surface area contributed by atoms with Crippen molar-refractivity contribution >= 4 is 12.2 Å². The van der Waals surface area contributed by atoms with Crippen LogP contribution in [0.25, 0.3) is 0 Å². The molecule has 1 N–H and O–H groups in total. The minimum Gasteiger partial charge on any atom is -0.337 e. The van der Waals surface area contributed by atoms with E-state index in [2.05, 4.69) is 35.3 Å². The van der Waals surface area contributed by atoms with E-state index in [1.54, 1.807) is 0 Å². The lowest BCUT2D eigenvalue weighted by Gasteiger charge is -2.36. The average molecular weight is 225 g/mol. The second-order valence-corrected chi connectivity index (χ2v) is 5.00. The van der Waals surface area contributed by atoms with E-state index in [0.717, 1.165) is 11.3 Å². The third-order valence-electron chi connectivity index (χ3n) is 3.55. The van der Waals surface area contributed by atoms with Gasteiger partial charge in [0.25, 0.3) is 0 Å². The zero-order chi connectivity index (χ0) is 11.0. The number of hydrogen-bond acceptors (Lipinski definition) is 2. The molecule has 1 aliphatic rings. The summed E-state index contributed by atoms with van der Waals surface area (Å²) in [5, 5.41) is 0. The van der Waals surface area contributed by atoms with Crippen LogP contribution in [0.15, 0.2) is 6.20 Å². The fourth-order valence-corrected chi connectivity index (χ4v) is 2.77. The number of nitrogens with zero attached hydrogens (tertiary/aromatic N) is 2. The van der Waals surface area contributed by atoms with E-state index in [9.17, 15) is 0 Å². The van der Waals surface area contributed by atoms with Crippen molar-refractivity contribution in [2.75, 3.05) is 13.6 Å². The Hall–Kier alpha value is -0.610. The molecule has 2 unspecified atom stereocenters. The van der Waals surface area contributed by atoms with Crippen molar-refractivity contribution in [1.82, 2.24) is 14.5 Å². The van der Waals surface area contributed by atoms with Crippen LogP contribution < -0.4 is 0 Å². The van der Waals surface area contributed by atoms with Crippen molar-refractivity contribution in [2.45, 2.75) is 38.8 Å². The van der Waals surface area contributed by atoms with Crippen LogP contribution in [0.5, 0.6) is 0 Å². The fraction of sp³-hybridized carbons (Fsp3) is 0.727. The molecule has 84 valence electrons. The smallest absolute Gasteiger partial charge is 0.177 e. The summed E-state index contributed by atoms with van der Waals surface area (Å²) in [6.07, 6.45) is 4.41. The summed E-state index contributed by atoms with van der Waals surface area (Å²) >= 11 is 5.32. The van der Waals surface area contributed by atoms with Gasteiger partial charge in [0.2, 0.25) is 0 Å². The van der Waals surface area contributed by atoms with Crippen LogP contribution in [0.3, 0.4) is 0 Å². The number of nitrogens with one attached hydrogen (secondary N) is 1. The first-order chi connectivity index (χ1) is 7.09. The van der Waals surface area contributed by atoms with E-state index in [-0.39, 0.29) is 0 Å². The summed E-state index contributed by atoms with van der Waals surface area (Å²) in [5.41, 5.74) is 1.25. The Kier molecular flexibility index (Phi) is 2.98. The summed E-state index contributed by atoms with van der Waals surface area (Å²) in [4.78, 5) is 5.54. The van der Waals surface area contributed by atoms with E-state index >= 15 is 0 Å². The molecular formula is C11H19N3S. The highest BCUT2D eigenvalue weighted by Crippen LogP contribution is 2.27. The molecule has 1 aromatic heterocycles. The number of aryl methyl sites for hydroxylation is 1. The molecule has 2 heterocycles. The maximum absolute atomic E-state index is 5.32. The molecule has 1 saturated heterocycles. The van der Waals surface area contributed by atoms with Crippen LogP contribution in [-0.4, -0.2) is 34.1 Å². The summed E-state index contributed by atoms with van der Waals surface area (Å²) in [7, 11) is 2.20. The number of hydrogen-bond donors (Lipinski definition) is 1. The molecule has 1 aliphatic heterocycles. The van der Waals surface area contributed by atoms with Crippen molar-refractivity contribution in [3.63, 3.8) is 0 Å². The van der Waals surface area contributed by atoms with Crippen LogP contribution in [-0.2, 0) is 0 Å². The van der Waals surface area contributed by atoms with Crippen molar-refractivity contribution in [2.24, 2.45) is 0 Å². The van der Waals surface area contributed by atoms with E-state index in [4.69, 9.17) is 12.2 Å². The largest absolute Gasteiger partial charge is 0.337 e. The molecule has 0 saturated carbocycles. The van der Waals surface area contributed by atoms with Gasteiger partial charge >= 0.3 is 0 Å². The molecule has 3 nitrogen and oxygen atoms in total. The third-order valence-corrected chi connectivity index (χ3v) is 3.86. The van der Waals surface area contributed by atoms with Crippen molar-refractivity contribution in [3.8, 4) is 0 Å². The number of rotatable bonds is 1. The zero-order valence-corrected chi connectivity index (χ0v) is 10.5. The quantitative estimate of drug-likeness (QED) is 0.743. The predicted molar refractivity (Wildman–Crippen MR) is 64.7 cm³/mol. The lowest BCUT2D eigenvalue weighted by Crippen LogP contribution is -2.38. The Morgan fingerprint density at radius 1 is 1.53 bits per heavy atom. The first-order valence-electron chi connectivity index (χ1n) is 5.56. The highest BCUT2D eigenvalue weighted by molar-refractivity contribution is 7.71. The Morgan fingerprint density at radius 2 is 2.27 bits per heavy atom. The predicted octanol–water partition coefficient (Wildman–Crippen LogP) is 2.51. The van der Waals surface area contributed by atoms with Gasteiger partial charge in [0.15, 0.2) is 4.77 Å². The Balaban J connectivity index is 2.22. The molecule has 4 heteroatoms. The molecule has 1 aromatic rings. The molecule has 15 heavy (non-hydrogen) atoms. The molecule has 0 aliphatic carbocycles. The van der Waals surface area contributed by atoms with Gasteiger partial charge in [0.05, 0.1) is 0 Å². The standard InChI is InChI=1S/C11H19N3S/c1-8-6-10(4-5-13(8)3)14-9(2)7-12-11(14)15/h7-8,10H,4-6H2,1-3H3,(H,12,15). The lowest BCUT2D eigenvalue weighted by atomic mass is 9.98. The van der Waals surface area contributed by atoms with Crippen LogP contribution >= 0.6 is 12.2 Å². The van der Waals surface area contributed by atoms with Gasteiger partial charge < -0.3 is 14.5 Å². The lowest BCUT2D eigenvalue weighted by molar-refractivity contribution is 0.155. The summed E-state index contributed by atoms with van der Waals surface area (Å²) in [6.45, 7) is 5.57. The van der Waals surface area contributed by atoms with Gasteiger partial charge in [0, 0.05) is 30.5 Å². The summed E-state index contributed by atoms with van der Waals surface area (Å²) in [6, 6.07) is 1.23. The van der Waals surface area contributed by atoms with Gasteiger partial charge in [-0.05, 0) is 46.0 Å². The number of H-pyrrole nitrogens is 1. The molecule has 0 radical (unpaired) electrons. The maximum Gasteiger partial charge on any atom is 0.177 e. The molecule has 2 rings (SSSR count). The molecule has 2 atom stereocenters. The molecule has 0 amide bonds. The number of imidazole rings is 1. The Bertz CT molecular complexity index is 393. The number of likely N-dealkylation sites (tertiary alicyclic amines) is 1. The van der Waals surface area contributed by atoms with Gasteiger partial charge in [-0.1, -0.05) is 0 Å². The number of piperidine rings is 1. The second kappa shape index (κ2) is 4.10. The Labute approximate surface area is 96.1 Å². The molecule has 0 aromatic carbocycles. The molecular weight excluding hydrogens is 206 g/mol. The first-order valence-corrected chi connectivity index (χ1v) is 5.97. The zero-order valence-electron chi connectivity index (χ0n) is 9.66. The van der Waals surface area contributed by atoms with Crippen molar-refractivity contribution in [1.29, 1.82) is 0 Å². The van der Waals surface area contributed by atoms with Crippen molar-refractivity contribution < 1.29 is 0 Å². The normalized spacial score (nSPS) is 28.2. The Morgan fingerprint density at radius 3 is 2.80 bits per heavy atom. The highest BCUT2D eigenvalue weighted by atomic mass is 32.1. The van der Waals surface area contributed by atoms with Gasteiger partial charge in [0.1, 0.15) is 0 Å². The van der Waals surface area contributed by atoms with Crippen LogP contribution in [0.2, 0.25) is 0 Å². The SMILES string of the molecule is Cc1c[nH]c(=S)n1C1CCN(C)C(C)C1. The monoisotopic (exact) mass is 225 g/mol. The molecule has 1 fully saturated rings. The van der Waals surface area contributed by atoms with Crippen LogP contribution in [0.1, 0.15) is 31.5 Å². The van der Waals surface area contributed by atoms with Gasteiger partial charge in [-0.25, -0.2) is 0 Å². The van der Waals surface area contributed by atoms with E-state index in [0.29, 0.717) is 12.1 Å². The topological polar surface area (TPSA) is 24.0 Å². The van der Waals surface area contributed by atoms with E-state index in [1.165, 1.54) is 18.5 Å². The van der Waals surface area contributed by atoms with Crippen molar-refractivity contribution in [3.05, 3.63) is 16.7 Å². The minimum atomic E-state index is 0.579. The number of aromatic nitrogens is 2. The first kappa shape index (κ1) is 10.9. The minimum absolute atomic E-state index is 0.579.